The van der Waals surface area contributed by atoms with Crippen LogP contribution in [0, 0.1) is 0 Å². The van der Waals surface area contributed by atoms with Gasteiger partial charge in [0.15, 0.2) is 0 Å². The second kappa shape index (κ2) is 6.41. The normalized spacial score (nSPS) is 20.2. The number of nitrogens with one attached hydrogen (secondary N) is 1. The molecule has 1 heterocycles. The van der Waals surface area contributed by atoms with Crippen molar-refractivity contribution in [3.8, 4) is 0 Å². The molecule has 3 nitrogen and oxygen atoms in total. The molecule has 1 saturated heterocycles. The molecule has 0 spiro atoms. The number of ether oxygens (including phenoxy) is 1. The van der Waals surface area contributed by atoms with Gasteiger partial charge in [-0.25, -0.2) is 0 Å². The molecule has 0 radical (unpaired) electrons. The van der Waals surface area contributed by atoms with Crippen LogP contribution in [0.3, 0.4) is 0 Å². The molecule has 4 heteroatoms. The molecule has 1 N–H and O–H groups in total. The monoisotopic (exact) mass is 268 g/mol. The van der Waals surface area contributed by atoms with E-state index in [0.29, 0.717) is 6.10 Å². The van der Waals surface area contributed by atoms with Crippen LogP contribution in [0.5, 0.6) is 0 Å². The average molecular weight is 269 g/mol. The lowest BCUT2D eigenvalue weighted by atomic mass is 10.1. The first-order valence-corrected chi connectivity index (χ1v) is 6.92. The maximum atomic E-state index is 6.30. The van der Waals surface area contributed by atoms with Crippen LogP contribution in [0.4, 0.5) is 5.69 Å². The fourth-order valence-corrected chi connectivity index (χ4v) is 2.62. The smallest absolute Gasteiger partial charge is 0.0748 e. The molecule has 0 amide bonds. The molecular weight excluding hydrogens is 248 g/mol. The van der Waals surface area contributed by atoms with E-state index in [9.17, 15) is 0 Å². The zero-order valence-electron chi connectivity index (χ0n) is 11.1. The molecular formula is C14H21ClN2O. The molecule has 1 aromatic rings. The number of morpholine rings is 1. The third-order valence-corrected chi connectivity index (χ3v) is 3.74. The van der Waals surface area contributed by atoms with Gasteiger partial charge in [0.25, 0.3) is 0 Å². The summed E-state index contributed by atoms with van der Waals surface area (Å²) in [4.78, 5) is 2.39. The van der Waals surface area contributed by atoms with Gasteiger partial charge in [0.1, 0.15) is 0 Å². The molecule has 1 fully saturated rings. The topological polar surface area (TPSA) is 24.5 Å². The van der Waals surface area contributed by atoms with Crippen molar-refractivity contribution in [1.82, 2.24) is 5.32 Å². The molecule has 0 saturated carbocycles. The number of nitrogens with zero attached hydrogens (tertiary/aromatic N) is 1. The Morgan fingerprint density at radius 1 is 1.50 bits per heavy atom. The van der Waals surface area contributed by atoms with E-state index in [1.165, 1.54) is 11.3 Å². The van der Waals surface area contributed by atoms with Gasteiger partial charge in [0.2, 0.25) is 0 Å². The fourth-order valence-electron chi connectivity index (χ4n) is 2.38. The second-order valence-electron chi connectivity index (χ2n) is 4.61. The minimum absolute atomic E-state index is 0.333. The number of benzene rings is 1. The van der Waals surface area contributed by atoms with Gasteiger partial charge in [-0.05, 0) is 25.6 Å². The van der Waals surface area contributed by atoms with Crippen molar-refractivity contribution in [3.05, 3.63) is 28.8 Å². The highest BCUT2D eigenvalue weighted by molar-refractivity contribution is 6.31. The van der Waals surface area contributed by atoms with Crippen LogP contribution in [-0.2, 0) is 11.3 Å². The molecule has 1 aromatic carbocycles. The predicted molar refractivity (Wildman–Crippen MR) is 76.5 cm³/mol. The number of hydrogen-bond donors (Lipinski definition) is 1. The van der Waals surface area contributed by atoms with Crippen molar-refractivity contribution >= 4 is 17.3 Å². The third-order valence-electron chi connectivity index (χ3n) is 3.38. The zero-order valence-corrected chi connectivity index (χ0v) is 11.8. The van der Waals surface area contributed by atoms with E-state index in [-0.39, 0.29) is 0 Å². The lowest BCUT2D eigenvalue weighted by molar-refractivity contribution is 0.0384. The van der Waals surface area contributed by atoms with Crippen LogP contribution in [0.1, 0.15) is 18.9 Å². The number of anilines is 1. The maximum absolute atomic E-state index is 6.30. The minimum atomic E-state index is 0.333. The second-order valence-corrected chi connectivity index (χ2v) is 5.02. The maximum Gasteiger partial charge on any atom is 0.0748 e. The molecule has 18 heavy (non-hydrogen) atoms. The van der Waals surface area contributed by atoms with Crippen molar-refractivity contribution in [3.63, 3.8) is 0 Å². The molecule has 1 unspecified atom stereocenters. The Morgan fingerprint density at radius 2 is 2.33 bits per heavy atom. The average Bonchev–Trinajstić information content (AvgIpc) is 2.41. The van der Waals surface area contributed by atoms with E-state index in [1.807, 2.05) is 19.2 Å². The quantitative estimate of drug-likeness (QED) is 0.909. The van der Waals surface area contributed by atoms with Gasteiger partial charge in [-0.3, -0.25) is 0 Å². The molecule has 1 atom stereocenters. The summed E-state index contributed by atoms with van der Waals surface area (Å²) in [6.45, 7) is 5.65. The SMILES string of the molecule is CCC1CN(c2cccc(Cl)c2CNC)CCO1. The molecule has 0 aliphatic carbocycles. The molecule has 1 aliphatic rings. The standard InChI is InChI=1S/C14H21ClN2O/c1-3-11-10-17(7-8-18-11)14-6-4-5-13(15)12(14)9-16-2/h4-6,11,16H,3,7-10H2,1-2H3. The highest BCUT2D eigenvalue weighted by atomic mass is 35.5. The van der Waals surface area contributed by atoms with Gasteiger partial charge in [0.05, 0.1) is 12.7 Å². The van der Waals surface area contributed by atoms with Crippen LogP contribution in [-0.4, -0.2) is 32.8 Å². The summed E-state index contributed by atoms with van der Waals surface area (Å²) in [6, 6.07) is 6.12. The third kappa shape index (κ3) is 2.97. The van der Waals surface area contributed by atoms with Crippen molar-refractivity contribution in [2.24, 2.45) is 0 Å². The highest BCUT2D eigenvalue weighted by Crippen LogP contribution is 2.29. The Morgan fingerprint density at radius 3 is 3.06 bits per heavy atom. The Kier molecular flexibility index (Phi) is 4.87. The van der Waals surface area contributed by atoms with Gasteiger partial charge in [-0.15, -0.1) is 0 Å². The van der Waals surface area contributed by atoms with E-state index < -0.39 is 0 Å². The number of hydrogen-bond acceptors (Lipinski definition) is 3. The van der Waals surface area contributed by atoms with Crippen molar-refractivity contribution in [1.29, 1.82) is 0 Å². The summed E-state index contributed by atoms with van der Waals surface area (Å²) in [5.41, 5.74) is 2.41. The molecule has 0 aromatic heterocycles. The Hall–Kier alpha value is -0.770. The van der Waals surface area contributed by atoms with Crippen molar-refractivity contribution in [2.75, 3.05) is 31.6 Å². The lowest BCUT2D eigenvalue weighted by Gasteiger charge is -2.35. The van der Waals surface area contributed by atoms with Gasteiger partial charge >= 0.3 is 0 Å². The van der Waals surface area contributed by atoms with Gasteiger partial charge in [-0.2, -0.15) is 0 Å². The Balaban J connectivity index is 2.23. The van der Waals surface area contributed by atoms with E-state index in [0.717, 1.165) is 37.7 Å². The summed E-state index contributed by atoms with van der Waals surface area (Å²) in [5, 5.41) is 4.02. The van der Waals surface area contributed by atoms with Gasteiger partial charge < -0.3 is 15.0 Å². The van der Waals surface area contributed by atoms with Crippen LogP contribution in [0.25, 0.3) is 0 Å². The lowest BCUT2D eigenvalue weighted by Crippen LogP contribution is -2.42. The summed E-state index contributed by atoms with van der Waals surface area (Å²) >= 11 is 6.30. The van der Waals surface area contributed by atoms with Crippen molar-refractivity contribution < 1.29 is 4.74 Å². The first-order valence-electron chi connectivity index (χ1n) is 6.54. The van der Waals surface area contributed by atoms with Gasteiger partial charge in [-0.1, -0.05) is 24.6 Å². The largest absolute Gasteiger partial charge is 0.375 e. The Labute approximate surface area is 114 Å². The number of halogens is 1. The molecule has 100 valence electrons. The Bertz CT molecular complexity index is 397. The molecule has 1 aliphatic heterocycles. The van der Waals surface area contributed by atoms with E-state index in [4.69, 9.17) is 16.3 Å². The zero-order chi connectivity index (χ0) is 13.0. The van der Waals surface area contributed by atoms with E-state index >= 15 is 0 Å². The van der Waals surface area contributed by atoms with Crippen LogP contribution < -0.4 is 10.2 Å². The summed E-state index contributed by atoms with van der Waals surface area (Å²) in [5.74, 6) is 0. The summed E-state index contributed by atoms with van der Waals surface area (Å²) < 4.78 is 5.72. The molecule has 2 rings (SSSR count). The minimum Gasteiger partial charge on any atom is -0.375 e. The first-order chi connectivity index (χ1) is 8.76. The van der Waals surface area contributed by atoms with Crippen LogP contribution in [0.15, 0.2) is 18.2 Å². The molecule has 0 bridgehead atoms. The fraction of sp³-hybridized carbons (Fsp3) is 0.571. The summed E-state index contributed by atoms with van der Waals surface area (Å²) in [7, 11) is 1.95. The highest BCUT2D eigenvalue weighted by Gasteiger charge is 2.21. The summed E-state index contributed by atoms with van der Waals surface area (Å²) in [6.07, 6.45) is 1.39. The van der Waals surface area contributed by atoms with Crippen LogP contribution in [0.2, 0.25) is 5.02 Å². The van der Waals surface area contributed by atoms with Crippen LogP contribution >= 0.6 is 11.6 Å². The van der Waals surface area contributed by atoms with Crippen molar-refractivity contribution in [2.45, 2.75) is 26.0 Å². The first kappa shape index (κ1) is 13.7. The van der Waals surface area contributed by atoms with Gasteiger partial charge in [0, 0.05) is 35.9 Å². The number of rotatable bonds is 4. The van der Waals surface area contributed by atoms with E-state index in [1.54, 1.807) is 0 Å². The predicted octanol–water partition coefficient (Wildman–Crippen LogP) is 2.67. The van der Waals surface area contributed by atoms with E-state index in [2.05, 4.69) is 23.2 Å².